The maximum atomic E-state index is 9.68. The summed E-state index contributed by atoms with van der Waals surface area (Å²) in [6.45, 7) is 8.52. The van der Waals surface area contributed by atoms with Crippen molar-refractivity contribution in [3.63, 3.8) is 0 Å². The number of aliphatic hydroxyl groups excluding tert-OH is 1. The SMILES string of the molecule is CCOC(C)(C)C1N=C2C(N)=CCC3NCCCC23N1CCO. The van der Waals surface area contributed by atoms with E-state index in [1.807, 2.05) is 6.92 Å². The normalized spacial score (nSPS) is 34.6. The lowest BCUT2D eigenvalue weighted by molar-refractivity contribution is -0.0918. The predicted octanol–water partition coefficient (Wildman–Crippen LogP) is 0.614. The summed E-state index contributed by atoms with van der Waals surface area (Å²) in [5, 5.41) is 13.3. The number of ether oxygens (including phenoxy) is 1. The second-order valence-corrected chi connectivity index (χ2v) is 7.23. The van der Waals surface area contributed by atoms with Crippen LogP contribution in [0, 0.1) is 0 Å². The highest BCUT2D eigenvalue weighted by Gasteiger charge is 2.59. The molecule has 0 bridgehead atoms. The molecule has 3 atom stereocenters. The number of hydrogen-bond acceptors (Lipinski definition) is 6. The molecule has 3 aliphatic rings. The van der Waals surface area contributed by atoms with Gasteiger partial charge in [-0.05, 0) is 46.6 Å². The van der Waals surface area contributed by atoms with E-state index >= 15 is 0 Å². The molecule has 6 heteroatoms. The highest BCUT2D eigenvalue weighted by Crippen LogP contribution is 2.45. The van der Waals surface area contributed by atoms with Gasteiger partial charge in [0.05, 0.1) is 29.2 Å². The van der Waals surface area contributed by atoms with E-state index in [9.17, 15) is 5.11 Å². The van der Waals surface area contributed by atoms with Crippen molar-refractivity contribution in [3.8, 4) is 0 Å². The molecule has 3 unspecified atom stereocenters. The summed E-state index contributed by atoms with van der Waals surface area (Å²) in [5.41, 5.74) is 7.48. The predicted molar refractivity (Wildman–Crippen MR) is 91.4 cm³/mol. The molecule has 23 heavy (non-hydrogen) atoms. The summed E-state index contributed by atoms with van der Waals surface area (Å²) < 4.78 is 6.00. The van der Waals surface area contributed by atoms with Crippen LogP contribution < -0.4 is 11.1 Å². The van der Waals surface area contributed by atoms with Crippen LogP contribution in [0.4, 0.5) is 0 Å². The van der Waals surface area contributed by atoms with Crippen LogP contribution in [0.15, 0.2) is 16.8 Å². The molecule has 1 aliphatic carbocycles. The van der Waals surface area contributed by atoms with Gasteiger partial charge < -0.3 is 20.9 Å². The van der Waals surface area contributed by atoms with Crippen molar-refractivity contribution >= 4 is 5.71 Å². The summed E-state index contributed by atoms with van der Waals surface area (Å²) >= 11 is 0. The Bertz CT molecular complexity index is 517. The number of nitrogens with two attached hydrogens (primary N) is 1. The van der Waals surface area contributed by atoms with Gasteiger partial charge in [0.1, 0.15) is 6.17 Å². The van der Waals surface area contributed by atoms with Crippen molar-refractivity contribution in [2.24, 2.45) is 10.7 Å². The minimum absolute atomic E-state index is 0.111. The second-order valence-electron chi connectivity index (χ2n) is 7.23. The van der Waals surface area contributed by atoms with Gasteiger partial charge in [-0.2, -0.15) is 0 Å². The Hall–Kier alpha value is -0.950. The zero-order chi connectivity index (χ0) is 16.7. The summed E-state index contributed by atoms with van der Waals surface area (Å²) in [7, 11) is 0. The van der Waals surface area contributed by atoms with Crippen molar-refractivity contribution in [1.29, 1.82) is 0 Å². The van der Waals surface area contributed by atoms with Gasteiger partial charge in [-0.25, -0.2) is 0 Å². The van der Waals surface area contributed by atoms with Crippen molar-refractivity contribution < 1.29 is 9.84 Å². The summed E-state index contributed by atoms with van der Waals surface area (Å²) in [4.78, 5) is 7.37. The molecule has 0 aromatic carbocycles. The number of β-amino-alcohol motifs (C(OH)–C–C–N with tert-alkyl or cyclic N) is 1. The Labute approximate surface area is 138 Å². The van der Waals surface area contributed by atoms with E-state index in [4.69, 9.17) is 15.5 Å². The van der Waals surface area contributed by atoms with E-state index in [0.29, 0.717) is 19.2 Å². The van der Waals surface area contributed by atoms with Crippen molar-refractivity contribution in [1.82, 2.24) is 10.2 Å². The number of rotatable bonds is 5. The molecular weight excluding hydrogens is 292 g/mol. The molecule has 2 aliphatic heterocycles. The molecule has 6 nitrogen and oxygen atoms in total. The highest BCUT2D eigenvalue weighted by molar-refractivity contribution is 6.09. The standard InChI is InChI=1S/C17H30N4O2/c1-4-23-16(2,3)15-20-14-12(18)6-7-13-17(14,8-5-9-19-13)21(15)10-11-22/h6,13,15,19,22H,4-5,7-11,18H2,1-3H3. The third kappa shape index (κ3) is 2.52. The molecule has 0 amide bonds. The van der Waals surface area contributed by atoms with Gasteiger partial charge in [0.15, 0.2) is 0 Å². The highest BCUT2D eigenvalue weighted by atomic mass is 16.5. The quantitative estimate of drug-likeness (QED) is 0.691. The van der Waals surface area contributed by atoms with Gasteiger partial charge >= 0.3 is 0 Å². The molecule has 130 valence electrons. The molecule has 0 aromatic heterocycles. The van der Waals surface area contributed by atoms with Crippen molar-refractivity contribution in [2.45, 2.75) is 63.4 Å². The fourth-order valence-electron chi connectivity index (χ4n) is 4.61. The number of hydrogen-bond donors (Lipinski definition) is 3. The molecule has 1 fully saturated rings. The lowest BCUT2D eigenvalue weighted by Crippen LogP contribution is -2.70. The summed E-state index contributed by atoms with van der Waals surface area (Å²) in [5.74, 6) is 0. The first kappa shape index (κ1) is 16.9. The number of aliphatic hydroxyl groups is 1. The smallest absolute Gasteiger partial charge is 0.132 e. The maximum Gasteiger partial charge on any atom is 0.132 e. The summed E-state index contributed by atoms with van der Waals surface area (Å²) in [6.07, 6.45) is 4.99. The number of aliphatic imine (C=N–C) groups is 1. The maximum absolute atomic E-state index is 9.68. The molecule has 2 heterocycles. The minimum Gasteiger partial charge on any atom is -0.397 e. The van der Waals surface area contributed by atoms with Gasteiger partial charge in [0.25, 0.3) is 0 Å². The third-order valence-corrected chi connectivity index (χ3v) is 5.50. The Morgan fingerprint density at radius 1 is 1.57 bits per heavy atom. The summed E-state index contributed by atoms with van der Waals surface area (Å²) in [6, 6.07) is 0.302. The van der Waals surface area contributed by atoms with Gasteiger partial charge in [0.2, 0.25) is 0 Å². The molecule has 0 saturated carbocycles. The first-order valence-electron chi connectivity index (χ1n) is 8.76. The molecule has 3 rings (SSSR count). The molecule has 0 aromatic rings. The average molecular weight is 322 g/mol. The first-order chi connectivity index (χ1) is 11.0. The van der Waals surface area contributed by atoms with Crippen LogP contribution in [0.3, 0.4) is 0 Å². The Morgan fingerprint density at radius 3 is 3.04 bits per heavy atom. The van der Waals surface area contributed by atoms with E-state index in [1.54, 1.807) is 0 Å². The van der Waals surface area contributed by atoms with Crippen LogP contribution in [0.1, 0.15) is 40.0 Å². The van der Waals surface area contributed by atoms with Crippen LogP contribution in [0.25, 0.3) is 0 Å². The average Bonchev–Trinajstić information content (AvgIpc) is 2.84. The van der Waals surface area contributed by atoms with E-state index in [0.717, 1.165) is 37.2 Å². The molecule has 1 saturated heterocycles. The second kappa shape index (κ2) is 6.16. The van der Waals surface area contributed by atoms with E-state index in [-0.39, 0.29) is 18.3 Å². The monoisotopic (exact) mass is 322 g/mol. The van der Waals surface area contributed by atoms with E-state index < -0.39 is 5.60 Å². The Kier molecular flexibility index (Phi) is 4.53. The van der Waals surface area contributed by atoms with Crippen LogP contribution in [0.2, 0.25) is 0 Å². The molecule has 0 radical (unpaired) electrons. The van der Waals surface area contributed by atoms with Crippen LogP contribution in [-0.4, -0.2) is 65.4 Å². The number of piperidine rings is 1. The van der Waals surface area contributed by atoms with Crippen LogP contribution in [0.5, 0.6) is 0 Å². The molecule has 4 N–H and O–H groups in total. The molecule has 1 spiro atoms. The first-order valence-corrected chi connectivity index (χ1v) is 8.76. The van der Waals surface area contributed by atoms with Gasteiger partial charge in [-0.3, -0.25) is 9.89 Å². The van der Waals surface area contributed by atoms with Gasteiger partial charge in [-0.15, -0.1) is 0 Å². The number of nitrogens with zero attached hydrogens (tertiary/aromatic N) is 2. The third-order valence-electron chi connectivity index (χ3n) is 5.50. The van der Waals surface area contributed by atoms with Gasteiger partial charge in [0, 0.05) is 19.2 Å². The van der Waals surface area contributed by atoms with Crippen LogP contribution in [-0.2, 0) is 4.74 Å². The van der Waals surface area contributed by atoms with E-state index in [2.05, 4.69) is 30.1 Å². The Morgan fingerprint density at radius 2 is 2.35 bits per heavy atom. The van der Waals surface area contributed by atoms with Gasteiger partial charge in [-0.1, -0.05) is 6.08 Å². The topological polar surface area (TPSA) is 83.1 Å². The largest absolute Gasteiger partial charge is 0.397 e. The van der Waals surface area contributed by atoms with E-state index in [1.165, 1.54) is 0 Å². The Balaban J connectivity index is 2.06. The zero-order valence-corrected chi connectivity index (χ0v) is 14.5. The lowest BCUT2D eigenvalue weighted by atomic mass is 9.72. The van der Waals surface area contributed by atoms with Crippen molar-refractivity contribution in [2.75, 3.05) is 26.3 Å². The fraction of sp³-hybridized carbons (Fsp3) is 0.824. The zero-order valence-electron chi connectivity index (χ0n) is 14.5. The fourth-order valence-corrected chi connectivity index (χ4v) is 4.61. The minimum atomic E-state index is -0.425. The number of nitrogens with one attached hydrogen (secondary N) is 1. The van der Waals surface area contributed by atoms with Crippen molar-refractivity contribution in [3.05, 3.63) is 11.8 Å². The molecular formula is C17H30N4O2. The van der Waals surface area contributed by atoms with Crippen LogP contribution >= 0.6 is 0 Å². The lowest BCUT2D eigenvalue weighted by Gasteiger charge is -2.52.